The predicted molar refractivity (Wildman–Crippen MR) is 79.8 cm³/mol. The number of aromatic amines is 2. The minimum atomic E-state index is -0.419. The Hall–Kier alpha value is -2.74. The molecular formula is C13H12N4O3S. The zero-order valence-electron chi connectivity index (χ0n) is 10.8. The van der Waals surface area contributed by atoms with E-state index in [2.05, 4.69) is 20.5 Å². The van der Waals surface area contributed by atoms with E-state index in [4.69, 9.17) is 12.2 Å². The highest BCUT2D eigenvalue weighted by molar-refractivity contribution is 7.71. The summed E-state index contributed by atoms with van der Waals surface area (Å²) in [4.78, 5) is 27.9. The molecule has 0 bridgehead atoms. The van der Waals surface area contributed by atoms with E-state index in [0.717, 1.165) is 0 Å². The molecule has 1 aromatic carbocycles. The fourth-order valence-electron chi connectivity index (χ4n) is 1.60. The number of rotatable bonds is 4. The Morgan fingerprint density at radius 2 is 2.14 bits per heavy atom. The van der Waals surface area contributed by atoms with Gasteiger partial charge in [-0.2, -0.15) is 5.10 Å². The van der Waals surface area contributed by atoms with Crippen LogP contribution < -0.4 is 11.0 Å². The second kappa shape index (κ2) is 6.62. The van der Waals surface area contributed by atoms with Gasteiger partial charge in [0.05, 0.1) is 12.6 Å². The lowest BCUT2D eigenvalue weighted by atomic mass is 10.2. The Balaban J connectivity index is 1.98. The van der Waals surface area contributed by atoms with Gasteiger partial charge in [0.25, 0.3) is 5.56 Å². The van der Waals surface area contributed by atoms with Crippen molar-refractivity contribution in [3.63, 3.8) is 0 Å². The minimum absolute atomic E-state index is 0.0638. The number of aromatic hydroxyl groups is 1. The maximum atomic E-state index is 11.7. The molecule has 0 saturated carbocycles. The molecule has 0 aliphatic rings. The smallest absolute Gasteiger partial charge is 0.251 e. The van der Waals surface area contributed by atoms with Crippen LogP contribution in [0.25, 0.3) is 0 Å². The summed E-state index contributed by atoms with van der Waals surface area (Å²) in [6.45, 7) is 0. The standard InChI is InChI=1S/C13H12N4O3S/c18-10-4-2-1-3-8(10)7-14-17-12(20)6-9-5-11(19)16-13(21)15-9/h1-5,7,18H,6H2,(H,17,20)(H2,15,16,19,21)/b14-7+. The van der Waals surface area contributed by atoms with Crippen LogP contribution in [0.4, 0.5) is 0 Å². The number of hydrogen-bond donors (Lipinski definition) is 4. The van der Waals surface area contributed by atoms with E-state index in [9.17, 15) is 14.7 Å². The van der Waals surface area contributed by atoms with Crippen molar-refractivity contribution in [2.24, 2.45) is 5.10 Å². The van der Waals surface area contributed by atoms with Gasteiger partial charge in [-0.15, -0.1) is 0 Å². The summed E-state index contributed by atoms with van der Waals surface area (Å²) in [6.07, 6.45) is 1.26. The van der Waals surface area contributed by atoms with Crippen LogP contribution in [0.2, 0.25) is 0 Å². The summed E-state index contributed by atoms with van der Waals surface area (Å²) >= 11 is 4.81. The molecule has 0 unspecified atom stereocenters. The van der Waals surface area contributed by atoms with E-state index >= 15 is 0 Å². The minimum Gasteiger partial charge on any atom is -0.507 e. The van der Waals surface area contributed by atoms with Gasteiger partial charge >= 0.3 is 0 Å². The first-order valence-electron chi connectivity index (χ1n) is 5.97. The van der Waals surface area contributed by atoms with Crippen LogP contribution in [-0.4, -0.2) is 27.2 Å². The Morgan fingerprint density at radius 1 is 1.38 bits per heavy atom. The molecule has 0 radical (unpaired) electrons. The highest BCUT2D eigenvalue weighted by Gasteiger charge is 2.03. The van der Waals surface area contributed by atoms with Crippen LogP contribution in [0.15, 0.2) is 40.2 Å². The maximum absolute atomic E-state index is 11.7. The Morgan fingerprint density at radius 3 is 2.86 bits per heavy atom. The van der Waals surface area contributed by atoms with E-state index in [0.29, 0.717) is 11.3 Å². The Labute approximate surface area is 124 Å². The van der Waals surface area contributed by atoms with Crippen LogP contribution in [0, 0.1) is 4.77 Å². The van der Waals surface area contributed by atoms with Crippen molar-refractivity contribution < 1.29 is 9.90 Å². The third-order valence-electron chi connectivity index (χ3n) is 2.50. The fourth-order valence-corrected chi connectivity index (χ4v) is 1.83. The van der Waals surface area contributed by atoms with E-state index < -0.39 is 5.91 Å². The third kappa shape index (κ3) is 4.39. The molecule has 0 aliphatic carbocycles. The molecule has 7 nitrogen and oxygen atoms in total. The van der Waals surface area contributed by atoms with Gasteiger partial charge in [0, 0.05) is 17.3 Å². The van der Waals surface area contributed by atoms with Crippen molar-refractivity contribution >= 4 is 24.3 Å². The Bertz CT molecular complexity index is 766. The quantitative estimate of drug-likeness (QED) is 0.381. The molecule has 2 aromatic rings. The lowest BCUT2D eigenvalue weighted by molar-refractivity contribution is -0.120. The molecular weight excluding hydrogens is 292 g/mol. The van der Waals surface area contributed by atoms with E-state index in [1.165, 1.54) is 18.3 Å². The molecule has 8 heteroatoms. The maximum Gasteiger partial charge on any atom is 0.251 e. The number of para-hydroxylation sites is 1. The average molecular weight is 304 g/mol. The number of phenolic OH excluding ortho intramolecular Hbond substituents is 1. The van der Waals surface area contributed by atoms with Gasteiger partial charge in [0.2, 0.25) is 5.91 Å². The molecule has 108 valence electrons. The first kappa shape index (κ1) is 14.7. The van der Waals surface area contributed by atoms with Crippen molar-refractivity contribution in [2.45, 2.75) is 6.42 Å². The van der Waals surface area contributed by atoms with Gasteiger partial charge in [-0.3, -0.25) is 14.6 Å². The number of hydrogen-bond acceptors (Lipinski definition) is 5. The van der Waals surface area contributed by atoms with Gasteiger partial charge in [0.15, 0.2) is 4.77 Å². The molecule has 2 rings (SSSR count). The number of nitrogens with zero attached hydrogens (tertiary/aromatic N) is 1. The molecule has 0 saturated heterocycles. The first-order valence-corrected chi connectivity index (χ1v) is 6.38. The van der Waals surface area contributed by atoms with Gasteiger partial charge in [0.1, 0.15) is 5.75 Å². The number of hydrazone groups is 1. The summed E-state index contributed by atoms with van der Waals surface area (Å²) < 4.78 is 0.156. The topological polar surface area (TPSA) is 110 Å². The average Bonchev–Trinajstić information content (AvgIpc) is 2.39. The molecule has 0 fully saturated rings. The SMILES string of the molecule is O=C(Cc1cc(=O)[nH]c(=S)[nH]1)N/N=C/c1ccccc1O. The first-order chi connectivity index (χ1) is 10.0. The van der Waals surface area contributed by atoms with Crippen LogP contribution in [-0.2, 0) is 11.2 Å². The van der Waals surface area contributed by atoms with Crippen LogP contribution >= 0.6 is 12.2 Å². The van der Waals surface area contributed by atoms with Gasteiger partial charge < -0.3 is 10.1 Å². The predicted octanol–water partition coefficient (Wildman–Crippen LogP) is 0.831. The second-order valence-electron chi connectivity index (χ2n) is 4.14. The van der Waals surface area contributed by atoms with Crippen LogP contribution in [0.3, 0.4) is 0 Å². The van der Waals surface area contributed by atoms with Crippen molar-refractivity contribution in [3.8, 4) is 5.75 Å². The van der Waals surface area contributed by atoms with Gasteiger partial charge in [-0.1, -0.05) is 12.1 Å². The van der Waals surface area contributed by atoms with E-state index in [1.807, 2.05) is 0 Å². The van der Waals surface area contributed by atoms with Crippen molar-refractivity contribution in [3.05, 3.63) is 56.7 Å². The number of benzene rings is 1. The fraction of sp³-hybridized carbons (Fsp3) is 0.0769. The zero-order chi connectivity index (χ0) is 15.2. The number of H-pyrrole nitrogens is 2. The molecule has 0 aliphatic heterocycles. The zero-order valence-corrected chi connectivity index (χ0v) is 11.6. The summed E-state index contributed by atoms with van der Waals surface area (Å²) in [5.74, 6) is -0.355. The molecule has 1 amide bonds. The number of amides is 1. The van der Waals surface area contributed by atoms with E-state index in [1.54, 1.807) is 18.2 Å². The molecule has 1 heterocycles. The highest BCUT2D eigenvalue weighted by Crippen LogP contribution is 2.12. The number of nitrogens with one attached hydrogen (secondary N) is 3. The summed E-state index contributed by atoms with van der Waals surface area (Å²) in [6, 6.07) is 7.83. The van der Waals surface area contributed by atoms with Crippen LogP contribution in [0.5, 0.6) is 5.75 Å². The normalized spacial score (nSPS) is 10.7. The highest BCUT2D eigenvalue weighted by atomic mass is 32.1. The van der Waals surface area contributed by atoms with E-state index in [-0.39, 0.29) is 22.5 Å². The Kier molecular flexibility index (Phi) is 4.62. The molecule has 0 atom stereocenters. The largest absolute Gasteiger partial charge is 0.507 e. The van der Waals surface area contributed by atoms with Gasteiger partial charge in [-0.25, -0.2) is 5.43 Å². The monoisotopic (exact) mass is 304 g/mol. The number of aromatic nitrogens is 2. The van der Waals surface area contributed by atoms with Crippen molar-refractivity contribution in [1.29, 1.82) is 0 Å². The van der Waals surface area contributed by atoms with Crippen molar-refractivity contribution in [1.82, 2.24) is 15.4 Å². The lowest BCUT2D eigenvalue weighted by Crippen LogP contribution is -2.21. The molecule has 0 spiro atoms. The summed E-state index contributed by atoms with van der Waals surface area (Å²) in [7, 11) is 0. The lowest BCUT2D eigenvalue weighted by Gasteiger charge is -2.01. The van der Waals surface area contributed by atoms with Crippen molar-refractivity contribution in [2.75, 3.05) is 0 Å². The number of phenols is 1. The molecule has 1 aromatic heterocycles. The number of carbonyl (C=O) groups is 1. The second-order valence-corrected chi connectivity index (χ2v) is 4.55. The number of carbonyl (C=O) groups excluding carboxylic acids is 1. The van der Waals surface area contributed by atoms with Gasteiger partial charge in [-0.05, 0) is 24.4 Å². The molecule has 21 heavy (non-hydrogen) atoms. The molecule has 4 N–H and O–H groups in total. The van der Waals surface area contributed by atoms with Crippen LogP contribution in [0.1, 0.15) is 11.3 Å². The third-order valence-corrected chi connectivity index (χ3v) is 2.70. The summed E-state index contributed by atoms with van der Waals surface area (Å²) in [5, 5.41) is 13.2. The summed E-state index contributed by atoms with van der Waals surface area (Å²) in [5.41, 5.74) is 2.79.